The van der Waals surface area contributed by atoms with E-state index in [0.717, 1.165) is 24.5 Å². The van der Waals surface area contributed by atoms with E-state index in [1.807, 2.05) is 6.92 Å². The van der Waals surface area contributed by atoms with Crippen LogP contribution in [0.25, 0.3) is 0 Å². The van der Waals surface area contributed by atoms with Gasteiger partial charge in [0.2, 0.25) is 0 Å². The molecule has 1 aliphatic carbocycles. The van der Waals surface area contributed by atoms with Crippen molar-refractivity contribution in [3.05, 3.63) is 23.4 Å². The lowest BCUT2D eigenvalue weighted by Crippen LogP contribution is -2.37. The van der Waals surface area contributed by atoms with E-state index >= 15 is 0 Å². The van der Waals surface area contributed by atoms with Gasteiger partial charge in [0.15, 0.2) is 0 Å². The monoisotopic (exact) mass is 262 g/mol. The second-order valence-electron chi connectivity index (χ2n) is 5.46. The molecule has 104 valence electrons. The Morgan fingerprint density at radius 1 is 1.32 bits per heavy atom. The van der Waals surface area contributed by atoms with Gasteiger partial charge in [0.25, 0.3) is 5.91 Å². The van der Waals surface area contributed by atoms with Crippen LogP contribution in [0.5, 0.6) is 0 Å². The molecule has 1 aliphatic rings. The number of nitrogen functional groups attached to an aromatic ring is 1. The van der Waals surface area contributed by atoms with E-state index in [0.29, 0.717) is 17.4 Å². The number of hydrogen-bond acceptors (Lipinski definition) is 4. The molecule has 1 aromatic heterocycles. The number of aromatic nitrogens is 1. The fourth-order valence-corrected chi connectivity index (χ4v) is 2.55. The summed E-state index contributed by atoms with van der Waals surface area (Å²) < 4.78 is 0. The van der Waals surface area contributed by atoms with Gasteiger partial charge in [-0.3, -0.25) is 4.79 Å². The third-order valence-corrected chi connectivity index (χ3v) is 3.71. The summed E-state index contributed by atoms with van der Waals surface area (Å²) in [5.41, 5.74) is 3.87. The van der Waals surface area contributed by atoms with Crippen molar-refractivity contribution < 1.29 is 4.79 Å². The highest BCUT2D eigenvalue weighted by atomic mass is 16.1. The molecule has 5 heteroatoms. The van der Waals surface area contributed by atoms with Crippen LogP contribution in [-0.2, 0) is 0 Å². The molecule has 0 bridgehead atoms. The third-order valence-electron chi connectivity index (χ3n) is 3.71. The van der Waals surface area contributed by atoms with E-state index in [4.69, 9.17) is 5.84 Å². The van der Waals surface area contributed by atoms with Crippen molar-refractivity contribution in [3.63, 3.8) is 0 Å². The van der Waals surface area contributed by atoms with Gasteiger partial charge in [-0.1, -0.05) is 6.92 Å². The summed E-state index contributed by atoms with van der Waals surface area (Å²) >= 11 is 0. The molecule has 2 rings (SSSR count). The molecule has 0 aromatic carbocycles. The minimum absolute atomic E-state index is 0.0402. The highest BCUT2D eigenvalue weighted by Crippen LogP contribution is 2.23. The number of carbonyl (C=O) groups is 1. The van der Waals surface area contributed by atoms with Crippen molar-refractivity contribution in [3.8, 4) is 0 Å². The molecule has 1 aromatic rings. The van der Waals surface area contributed by atoms with Gasteiger partial charge in [0.05, 0.1) is 0 Å². The first-order valence-corrected chi connectivity index (χ1v) is 6.84. The van der Waals surface area contributed by atoms with Gasteiger partial charge in [-0.2, -0.15) is 0 Å². The van der Waals surface area contributed by atoms with Crippen molar-refractivity contribution in [2.24, 2.45) is 11.8 Å². The number of nitrogens with one attached hydrogen (secondary N) is 2. The van der Waals surface area contributed by atoms with Crippen LogP contribution < -0.4 is 16.6 Å². The Bertz CT molecular complexity index is 453. The van der Waals surface area contributed by atoms with Crippen LogP contribution in [0.3, 0.4) is 0 Å². The lowest BCUT2D eigenvalue weighted by Gasteiger charge is -2.27. The van der Waals surface area contributed by atoms with Crippen LogP contribution in [0, 0.1) is 12.8 Å². The van der Waals surface area contributed by atoms with Gasteiger partial charge < -0.3 is 10.7 Å². The summed E-state index contributed by atoms with van der Waals surface area (Å²) in [4.78, 5) is 16.4. The lowest BCUT2D eigenvalue weighted by atomic mass is 9.87. The zero-order valence-corrected chi connectivity index (χ0v) is 11.6. The molecule has 0 radical (unpaired) electrons. The molecule has 0 atom stereocenters. The second-order valence-corrected chi connectivity index (χ2v) is 5.46. The normalized spacial score (nSPS) is 22.9. The van der Waals surface area contributed by atoms with Gasteiger partial charge >= 0.3 is 0 Å². The Balaban J connectivity index is 2.01. The molecule has 1 saturated carbocycles. The quantitative estimate of drug-likeness (QED) is 0.575. The number of hydrazine groups is 1. The van der Waals surface area contributed by atoms with Crippen LogP contribution in [0.15, 0.2) is 12.1 Å². The minimum Gasteiger partial charge on any atom is -0.349 e. The maximum atomic E-state index is 12.2. The van der Waals surface area contributed by atoms with Gasteiger partial charge in [-0.15, -0.1) is 0 Å². The molecule has 0 spiro atoms. The number of pyridine rings is 1. The van der Waals surface area contributed by atoms with Crippen molar-refractivity contribution in [1.29, 1.82) is 0 Å². The number of anilines is 1. The van der Waals surface area contributed by atoms with Crippen LogP contribution in [-0.4, -0.2) is 16.9 Å². The SMILES string of the molecule is Cc1cc(C(=O)NC2CCC(C)CC2)cc(NN)n1. The van der Waals surface area contributed by atoms with Crippen molar-refractivity contribution in [1.82, 2.24) is 10.3 Å². The highest BCUT2D eigenvalue weighted by Gasteiger charge is 2.20. The van der Waals surface area contributed by atoms with Crippen molar-refractivity contribution in [2.75, 3.05) is 5.43 Å². The molecule has 0 unspecified atom stereocenters. The molecule has 5 nitrogen and oxygen atoms in total. The first-order chi connectivity index (χ1) is 9.08. The van der Waals surface area contributed by atoms with E-state index in [9.17, 15) is 4.79 Å². The molecular weight excluding hydrogens is 240 g/mol. The average Bonchev–Trinajstić information content (AvgIpc) is 2.40. The van der Waals surface area contributed by atoms with Gasteiger partial charge in [0, 0.05) is 17.3 Å². The molecule has 1 heterocycles. The summed E-state index contributed by atoms with van der Waals surface area (Å²) in [5, 5.41) is 3.10. The molecular formula is C14H22N4O. The van der Waals surface area contributed by atoms with Crippen LogP contribution in [0.4, 0.5) is 5.82 Å². The Hall–Kier alpha value is -1.62. The molecule has 1 amide bonds. The van der Waals surface area contributed by atoms with Crippen molar-refractivity contribution >= 4 is 11.7 Å². The second kappa shape index (κ2) is 6.02. The largest absolute Gasteiger partial charge is 0.349 e. The summed E-state index contributed by atoms with van der Waals surface area (Å²) in [6, 6.07) is 3.75. The van der Waals surface area contributed by atoms with Crippen LogP contribution in [0.2, 0.25) is 0 Å². The number of nitrogens with zero attached hydrogens (tertiary/aromatic N) is 1. The maximum absolute atomic E-state index is 12.2. The zero-order valence-electron chi connectivity index (χ0n) is 11.6. The topological polar surface area (TPSA) is 80.0 Å². The molecule has 19 heavy (non-hydrogen) atoms. The predicted octanol–water partition coefficient (Wildman–Crippen LogP) is 1.98. The third kappa shape index (κ3) is 3.67. The fourth-order valence-electron chi connectivity index (χ4n) is 2.55. The summed E-state index contributed by atoms with van der Waals surface area (Å²) in [6.07, 6.45) is 4.52. The van der Waals surface area contributed by atoms with E-state index in [-0.39, 0.29) is 5.91 Å². The van der Waals surface area contributed by atoms with E-state index in [1.165, 1.54) is 12.8 Å². The van der Waals surface area contributed by atoms with Crippen LogP contribution >= 0.6 is 0 Å². The maximum Gasteiger partial charge on any atom is 0.251 e. The molecule has 0 saturated heterocycles. The molecule has 0 aliphatic heterocycles. The zero-order chi connectivity index (χ0) is 13.8. The Morgan fingerprint density at radius 2 is 2.00 bits per heavy atom. The molecule has 1 fully saturated rings. The van der Waals surface area contributed by atoms with E-state index < -0.39 is 0 Å². The Kier molecular flexibility index (Phi) is 4.37. The van der Waals surface area contributed by atoms with Gasteiger partial charge in [0.1, 0.15) is 5.82 Å². The first-order valence-electron chi connectivity index (χ1n) is 6.84. The number of amides is 1. The number of nitrogens with two attached hydrogens (primary N) is 1. The smallest absolute Gasteiger partial charge is 0.251 e. The highest BCUT2D eigenvalue weighted by molar-refractivity contribution is 5.95. The number of hydrogen-bond donors (Lipinski definition) is 3. The number of carbonyl (C=O) groups excluding carboxylic acids is 1. The molecule has 4 N–H and O–H groups in total. The van der Waals surface area contributed by atoms with E-state index in [1.54, 1.807) is 12.1 Å². The fraction of sp³-hybridized carbons (Fsp3) is 0.571. The van der Waals surface area contributed by atoms with Crippen LogP contribution in [0.1, 0.15) is 48.7 Å². The lowest BCUT2D eigenvalue weighted by molar-refractivity contribution is 0.0923. The summed E-state index contributed by atoms with van der Waals surface area (Å²) in [7, 11) is 0. The Morgan fingerprint density at radius 3 is 2.63 bits per heavy atom. The minimum atomic E-state index is -0.0402. The standard InChI is InChI=1S/C14H22N4O/c1-9-3-5-12(6-4-9)17-14(19)11-7-10(2)16-13(8-11)18-15/h7-9,12H,3-6,15H2,1-2H3,(H,16,18)(H,17,19). The van der Waals surface area contributed by atoms with Crippen molar-refractivity contribution in [2.45, 2.75) is 45.6 Å². The number of rotatable bonds is 3. The van der Waals surface area contributed by atoms with E-state index in [2.05, 4.69) is 22.7 Å². The van der Waals surface area contributed by atoms with Gasteiger partial charge in [-0.05, 0) is 50.7 Å². The summed E-state index contributed by atoms with van der Waals surface area (Å²) in [6.45, 7) is 4.11. The Labute approximate surface area is 114 Å². The average molecular weight is 262 g/mol. The first kappa shape index (κ1) is 13.8. The summed E-state index contributed by atoms with van der Waals surface area (Å²) in [5.74, 6) is 6.60. The predicted molar refractivity (Wildman–Crippen MR) is 75.7 cm³/mol. The van der Waals surface area contributed by atoms with Gasteiger partial charge in [-0.25, -0.2) is 10.8 Å². The number of aryl methyl sites for hydroxylation is 1.